The summed E-state index contributed by atoms with van der Waals surface area (Å²) in [6.45, 7) is 0.508. The molecular weight excluding hydrogens is 368 g/mol. The van der Waals surface area contributed by atoms with Gasteiger partial charge in [-0.3, -0.25) is 4.79 Å². The first kappa shape index (κ1) is 13.6. The second-order valence-corrected chi connectivity index (χ2v) is 5.74. The van der Waals surface area contributed by atoms with Crippen LogP contribution >= 0.6 is 34.2 Å². The molecule has 1 unspecified atom stereocenters. The van der Waals surface area contributed by atoms with Crippen molar-refractivity contribution < 1.29 is 14.3 Å². The van der Waals surface area contributed by atoms with Crippen LogP contribution in [0.15, 0.2) is 18.2 Å². The fourth-order valence-electron chi connectivity index (χ4n) is 1.87. The average molecular weight is 380 g/mol. The van der Waals surface area contributed by atoms with Crippen molar-refractivity contribution in [1.82, 2.24) is 0 Å². The fraction of sp³-hybridized carbons (Fsp3) is 0.333. The van der Waals surface area contributed by atoms with Gasteiger partial charge in [0.05, 0.1) is 23.7 Å². The predicted molar refractivity (Wildman–Crippen MR) is 77.1 cm³/mol. The van der Waals surface area contributed by atoms with E-state index < -0.39 is 0 Å². The standard InChI is InChI=1S/C12H11ClINO3/c1-18-12(17)7-2-3-10(9(14)4-7)15-6-8(13)5-11(15)16/h2-4,8H,5-6H2,1H3. The van der Waals surface area contributed by atoms with Crippen molar-refractivity contribution in [1.29, 1.82) is 0 Å². The molecule has 0 spiro atoms. The summed E-state index contributed by atoms with van der Waals surface area (Å²) in [4.78, 5) is 24.8. The van der Waals surface area contributed by atoms with Crippen LogP contribution in [0.1, 0.15) is 16.8 Å². The van der Waals surface area contributed by atoms with Gasteiger partial charge in [-0.25, -0.2) is 4.79 Å². The third-order valence-corrected chi connectivity index (χ3v) is 3.89. The van der Waals surface area contributed by atoms with Gasteiger partial charge in [-0.15, -0.1) is 11.6 Å². The predicted octanol–water partition coefficient (Wildman–Crippen LogP) is 2.42. The Morgan fingerprint density at radius 3 is 2.78 bits per heavy atom. The van der Waals surface area contributed by atoms with Crippen LogP contribution in [0, 0.1) is 3.57 Å². The molecule has 4 nitrogen and oxygen atoms in total. The number of amides is 1. The molecule has 0 radical (unpaired) electrons. The Bertz CT molecular complexity index is 506. The second kappa shape index (κ2) is 5.44. The van der Waals surface area contributed by atoms with Gasteiger partial charge in [-0.2, -0.15) is 0 Å². The van der Waals surface area contributed by atoms with Crippen LogP contribution in [-0.4, -0.2) is 30.9 Å². The largest absolute Gasteiger partial charge is 0.465 e. The molecule has 0 N–H and O–H groups in total. The summed E-state index contributed by atoms with van der Waals surface area (Å²) < 4.78 is 5.48. The highest BCUT2D eigenvalue weighted by molar-refractivity contribution is 14.1. The number of carbonyl (C=O) groups excluding carboxylic acids is 2. The molecular formula is C12H11ClINO3. The summed E-state index contributed by atoms with van der Waals surface area (Å²) in [5.41, 5.74) is 1.26. The van der Waals surface area contributed by atoms with E-state index in [1.54, 1.807) is 23.1 Å². The molecule has 1 aromatic carbocycles. The molecule has 96 valence electrons. The molecule has 1 aliphatic heterocycles. The van der Waals surface area contributed by atoms with Crippen molar-refractivity contribution in [2.45, 2.75) is 11.8 Å². The lowest BCUT2D eigenvalue weighted by molar-refractivity contribution is -0.117. The van der Waals surface area contributed by atoms with Crippen LogP contribution in [0.5, 0.6) is 0 Å². The van der Waals surface area contributed by atoms with E-state index >= 15 is 0 Å². The summed E-state index contributed by atoms with van der Waals surface area (Å²) in [6, 6.07) is 5.11. The number of alkyl halides is 1. The van der Waals surface area contributed by atoms with Crippen molar-refractivity contribution in [3.05, 3.63) is 27.3 Å². The number of halogens is 2. The molecule has 1 atom stereocenters. The Kier molecular flexibility index (Phi) is 4.11. The van der Waals surface area contributed by atoms with Gasteiger partial charge in [0, 0.05) is 16.5 Å². The highest BCUT2D eigenvalue weighted by Crippen LogP contribution is 2.29. The number of rotatable bonds is 2. The highest BCUT2D eigenvalue weighted by Gasteiger charge is 2.30. The lowest BCUT2D eigenvalue weighted by Crippen LogP contribution is -2.25. The third kappa shape index (κ3) is 2.61. The monoisotopic (exact) mass is 379 g/mol. The first-order valence-corrected chi connectivity index (χ1v) is 6.86. The molecule has 0 aromatic heterocycles. The summed E-state index contributed by atoms with van der Waals surface area (Å²) in [5, 5.41) is -0.145. The van der Waals surface area contributed by atoms with Crippen LogP contribution in [0.4, 0.5) is 5.69 Å². The number of benzene rings is 1. The van der Waals surface area contributed by atoms with Gasteiger partial charge < -0.3 is 9.64 Å². The van der Waals surface area contributed by atoms with E-state index in [1.807, 2.05) is 0 Å². The minimum absolute atomic E-state index is 0.0127. The number of esters is 1. The van der Waals surface area contributed by atoms with Crippen LogP contribution in [0.3, 0.4) is 0 Å². The lowest BCUT2D eigenvalue weighted by atomic mass is 10.2. The molecule has 1 saturated heterocycles. The van der Waals surface area contributed by atoms with Crippen LogP contribution in [0.25, 0.3) is 0 Å². The number of anilines is 1. The number of carbonyl (C=O) groups is 2. The van der Waals surface area contributed by atoms with E-state index in [2.05, 4.69) is 27.3 Å². The van der Waals surface area contributed by atoms with Crippen LogP contribution in [-0.2, 0) is 9.53 Å². The van der Waals surface area contributed by atoms with Crippen LogP contribution < -0.4 is 4.90 Å². The van der Waals surface area contributed by atoms with Gasteiger partial charge in [0.25, 0.3) is 0 Å². The van der Waals surface area contributed by atoms with Crippen molar-refractivity contribution in [2.24, 2.45) is 0 Å². The van der Waals surface area contributed by atoms with Crippen LogP contribution in [0.2, 0.25) is 0 Å². The molecule has 6 heteroatoms. The smallest absolute Gasteiger partial charge is 0.337 e. The molecule has 1 amide bonds. The molecule has 18 heavy (non-hydrogen) atoms. The summed E-state index contributed by atoms with van der Waals surface area (Å²) >= 11 is 8.07. The minimum Gasteiger partial charge on any atom is -0.465 e. The normalized spacial score (nSPS) is 19.2. The maximum Gasteiger partial charge on any atom is 0.337 e. The summed E-state index contributed by atoms with van der Waals surface area (Å²) in [6.07, 6.45) is 0.358. The van der Waals surface area contributed by atoms with Gasteiger partial charge in [0.2, 0.25) is 5.91 Å². The van der Waals surface area contributed by atoms with E-state index in [4.69, 9.17) is 11.6 Å². The summed E-state index contributed by atoms with van der Waals surface area (Å²) in [5.74, 6) is -0.374. The zero-order chi connectivity index (χ0) is 13.3. The first-order chi connectivity index (χ1) is 8.52. The van der Waals surface area contributed by atoms with E-state index in [9.17, 15) is 9.59 Å². The number of hydrogen-bond acceptors (Lipinski definition) is 3. The number of ether oxygens (including phenoxy) is 1. The average Bonchev–Trinajstić information content (AvgIpc) is 2.67. The van der Waals surface area contributed by atoms with Gasteiger partial charge >= 0.3 is 5.97 Å². The maximum absolute atomic E-state index is 11.8. The zero-order valence-corrected chi connectivity index (χ0v) is 12.6. The van der Waals surface area contributed by atoms with Gasteiger partial charge in [0.1, 0.15) is 0 Å². The minimum atomic E-state index is -0.387. The maximum atomic E-state index is 11.8. The topological polar surface area (TPSA) is 46.6 Å². The first-order valence-electron chi connectivity index (χ1n) is 5.35. The molecule has 0 saturated carbocycles. The van der Waals surface area contributed by atoms with Crippen molar-refractivity contribution in [3.63, 3.8) is 0 Å². The van der Waals surface area contributed by atoms with Gasteiger partial charge in [0.15, 0.2) is 0 Å². The number of nitrogens with zero attached hydrogens (tertiary/aromatic N) is 1. The second-order valence-electron chi connectivity index (χ2n) is 3.96. The molecule has 1 aliphatic rings. The van der Waals surface area contributed by atoms with E-state index in [0.717, 1.165) is 9.26 Å². The quantitative estimate of drug-likeness (QED) is 0.450. The highest BCUT2D eigenvalue weighted by atomic mass is 127. The molecule has 0 aliphatic carbocycles. The molecule has 1 fully saturated rings. The summed E-state index contributed by atoms with van der Waals surface area (Å²) in [7, 11) is 1.34. The number of hydrogen-bond donors (Lipinski definition) is 0. The van der Waals surface area contributed by atoms with Crippen molar-refractivity contribution >= 4 is 51.8 Å². The Balaban J connectivity index is 2.30. The molecule has 1 aromatic rings. The van der Waals surface area contributed by atoms with Crippen molar-refractivity contribution in [3.8, 4) is 0 Å². The molecule has 1 heterocycles. The Morgan fingerprint density at radius 1 is 1.56 bits per heavy atom. The van der Waals surface area contributed by atoms with E-state index in [1.165, 1.54) is 7.11 Å². The Morgan fingerprint density at radius 2 is 2.28 bits per heavy atom. The molecule has 0 bridgehead atoms. The third-order valence-electron chi connectivity index (χ3n) is 2.74. The van der Waals surface area contributed by atoms with Crippen molar-refractivity contribution in [2.75, 3.05) is 18.6 Å². The molecule has 2 rings (SSSR count). The van der Waals surface area contributed by atoms with Gasteiger partial charge in [-0.1, -0.05) is 0 Å². The zero-order valence-electron chi connectivity index (χ0n) is 9.65. The number of methoxy groups -OCH3 is 1. The fourth-order valence-corrected chi connectivity index (χ4v) is 2.94. The Hall–Kier alpha value is -0.820. The SMILES string of the molecule is COC(=O)c1ccc(N2CC(Cl)CC2=O)c(I)c1. The van der Waals surface area contributed by atoms with E-state index in [0.29, 0.717) is 18.5 Å². The Labute approximate surface area is 123 Å². The van der Waals surface area contributed by atoms with Gasteiger partial charge in [-0.05, 0) is 40.8 Å². The van der Waals surface area contributed by atoms with E-state index in [-0.39, 0.29) is 17.3 Å². The lowest BCUT2D eigenvalue weighted by Gasteiger charge is -2.18.